The van der Waals surface area contributed by atoms with E-state index in [4.69, 9.17) is 14.2 Å². The van der Waals surface area contributed by atoms with Crippen LogP contribution in [0.1, 0.15) is 12.8 Å². The van der Waals surface area contributed by atoms with Crippen LogP contribution in [0.15, 0.2) is 0 Å². The number of piperidine rings is 1. The Morgan fingerprint density at radius 2 is 1.82 bits per heavy atom. The molecule has 0 unspecified atom stereocenters. The van der Waals surface area contributed by atoms with Crippen LogP contribution in [0.25, 0.3) is 0 Å². The molecule has 1 heterocycles. The molecule has 0 bridgehead atoms. The van der Waals surface area contributed by atoms with Gasteiger partial charge >= 0.3 is 6.03 Å². The van der Waals surface area contributed by atoms with Crippen molar-refractivity contribution in [2.45, 2.75) is 18.6 Å². The average molecular weight is 246 g/mol. The fourth-order valence-electron chi connectivity index (χ4n) is 1.91. The Hall–Kier alpha value is -0.850. The molecule has 6 heteroatoms. The summed E-state index contributed by atoms with van der Waals surface area (Å²) in [6.45, 7) is 2.34. The third kappa shape index (κ3) is 3.83. The summed E-state index contributed by atoms with van der Waals surface area (Å²) in [4.78, 5) is 13.5. The number of amides is 2. The molecular formula is C11H22N2O4. The van der Waals surface area contributed by atoms with E-state index in [0.717, 1.165) is 0 Å². The molecular weight excluding hydrogens is 224 g/mol. The molecule has 0 aliphatic carbocycles. The quantitative estimate of drug-likeness (QED) is 0.564. The molecule has 1 saturated heterocycles. The predicted molar refractivity (Wildman–Crippen MR) is 62.8 cm³/mol. The normalized spacial score (nSPS) is 19.1. The highest BCUT2D eigenvalue weighted by molar-refractivity contribution is 5.74. The van der Waals surface area contributed by atoms with Gasteiger partial charge in [-0.25, -0.2) is 4.79 Å². The van der Waals surface area contributed by atoms with Crippen LogP contribution < -0.4 is 5.32 Å². The number of nitrogens with zero attached hydrogens (tertiary/aromatic N) is 1. The van der Waals surface area contributed by atoms with Crippen molar-refractivity contribution < 1.29 is 19.0 Å². The van der Waals surface area contributed by atoms with E-state index in [1.165, 1.54) is 0 Å². The molecule has 0 atom stereocenters. The molecule has 0 aromatic carbocycles. The van der Waals surface area contributed by atoms with Crippen molar-refractivity contribution >= 4 is 6.03 Å². The van der Waals surface area contributed by atoms with Gasteiger partial charge in [-0.3, -0.25) is 0 Å². The average Bonchev–Trinajstić information content (AvgIpc) is 2.39. The standard InChI is InChI=1S/C11H22N2O4/c1-15-9-6-12-10(14)13-7-4-11(16-2,17-3)5-8-13/h4-9H2,1-3H3,(H,12,14). The molecule has 1 N–H and O–H groups in total. The molecule has 1 aliphatic heterocycles. The lowest BCUT2D eigenvalue weighted by Crippen LogP contribution is -2.51. The van der Waals surface area contributed by atoms with Crippen molar-refractivity contribution in [1.29, 1.82) is 0 Å². The number of carbonyl (C=O) groups is 1. The zero-order chi connectivity index (χ0) is 12.7. The van der Waals surface area contributed by atoms with Gasteiger partial charge in [-0.1, -0.05) is 0 Å². The van der Waals surface area contributed by atoms with Crippen molar-refractivity contribution in [1.82, 2.24) is 10.2 Å². The summed E-state index contributed by atoms with van der Waals surface area (Å²) in [5.41, 5.74) is 0. The molecule has 0 radical (unpaired) electrons. The Bertz CT molecular complexity index is 234. The molecule has 1 rings (SSSR count). The van der Waals surface area contributed by atoms with Gasteiger partial charge in [0.15, 0.2) is 5.79 Å². The summed E-state index contributed by atoms with van der Waals surface area (Å²) in [6.07, 6.45) is 1.38. The number of methoxy groups -OCH3 is 3. The highest BCUT2D eigenvalue weighted by Crippen LogP contribution is 2.26. The first-order valence-electron chi connectivity index (χ1n) is 5.79. The third-order valence-electron chi connectivity index (χ3n) is 3.14. The van der Waals surface area contributed by atoms with Crippen molar-refractivity contribution in [2.75, 3.05) is 47.6 Å². The molecule has 100 valence electrons. The van der Waals surface area contributed by atoms with Gasteiger partial charge in [0.05, 0.1) is 6.61 Å². The van der Waals surface area contributed by atoms with Crippen LogP contribution in [0.4, 0.5) is 4.79 Å². The summed E-state index contributed by atoms with van der Waals surface area (Å²) in [6, 6.07) is -0.0529. The number of hydrogen-bond acceptors (Lipinski definition) is 4. The monoisotopic (exact) mass is 246 g/mol. The largest absolute Gasteiger partial charge is 0.383 e. The second-order valence-electron chi connectivity index (χ2n) is 4.03. The van der Waals surface area contributed by atoms with Gasteiger partial charge in [-0.2, -0.15) is 0 Å². The fourth-order valence-corrected chi connectivity index (χ4v) is 1.91. The highest BCUT2D eigenvalue weighted by atomic mass is 16.7. The van der Waals surface area contributed by atoms with E-state index in [2.05, 4.69) is 5.32 Å². The van der Waals surface area contributed by atoms with Crippen LogP contribution in [-0.4, -0.2) is 64.3 Å². The summed E-state index contributed by atoms with van der Waals surface area (Å²) in [7, 11) is 4.88. The van der Waals surface area contributed by atoms with Gasteiger partial charge in [-0.05, 0) is 0 Å². The van der Waals surface area contributed by atoms with Crippen molar-refractivity contribution in [3.05, 3.63) is 0 Å². The third-order valence-corrected chi connectivity index (χ3v) is 3.14. The van der Waals surface area contributed by atoms with E-state index in [-0.39, 0.29) is 6.03 Å². The zero-order valence-electron chi connectivity index (χ0n) is 10.8. The highest BCUT2D eigenvalue weighted by Gasteiger charge is 2.35. The Balaban J connectivity index is 2.33. The van der Waals surface area contributed by atoms with Crippen LogP contribution in [0.2, 0.25) is 0 Å². The molecule has 0 spiro atoms. The first kappa shape index (κ1) is 14.2. The maximum atomic E-state index is 11.7. The molecule has 17 heavy (non-hydrogen) atoms. The number of nitrogens with one attached hydrogen (secondary N) is 1. The van der Waals surface area contributed by atoms with E-state index < -0.39 is 5.79 Å². The summed E-state index contributed by atoms with van der Waals surface area (Å²) in [5.74, 6) is -0.524. The predicted octanol–water partition coefficient (Wildman–Crippen LogP) is 0.427. The first-order valence-corrected chi connectivity index (χ1v) is 5.79. The molecule has 1 aliphatic rings. The number of ether oxygens (including phenoxy) is 3. The lowest BCUT2D eigenvalue weighted by molar-refractivity contribution is -0.226. The topological polar surface area (TPSA) is 60.0 Å². The summed E-state index contributed by atoms with van der Waals surface area (Å²) < 4.78 is 15.6. The maximum absolute atomic E-state index is 11.7. The molecule has 2 amide bonds. The van der Waals surface area contributed by atoms with Crippen LogP contribution in [-0.2, 0) is 14.2 Å². The molecule has 0 aromatic rings. The lowest BCUT2D eigenvalue weighted by Gasteiger charge is -2.39. The second-order valence-corrected chi connectivity index (χ2v) is 4.03. The van der Waals surface area contributed by atoms with Crippen LogP contribution in [0, 0.1) is 0 Å². The lowest BCUT2D eigenvalue weighted by atomic mass is 10.0. The van der Waals surface area contributed by atoms with Crippen molar-refractivity contribution in [2.24, 2.45) is 0 Å². The molecule has 0 aromatic heterocycles. The Kier molecular flexibility index (Phi) is 5.67. The van der Waals surface area contributed by atoms with Gasteiger partial charge in [0.1, 0.15) is 0 Å². The first-order chi connectivity index (χ1) is 8.17. The maximum Gasteiger partial charge on any atom is 0.317 e. The smallest absolute Gasteiger partial charge is 0.317 e. The van der Waals surface area contributed by atoms with Gasteiger partial charge in [0.25, 0.3) is 0 Å². The van der Waals surface area contributed by atoms with Gasteiger partial charge in [0, 0.05) is 53.8 Å². The molecule has 6 nitrogen and oxygen atoms in total. The van der Waals surface area contributed by atoms with Gasteiger partial charge < -0.3 is 24.4 Å². The summed E-state index contributed by atoms with van der Waals surface area (Å²) >= 11 is 0. The molecule has 0 saturated carbocycles. The van der Waals surface area contributed by atoms with Crippen LogP contribution >= 0.6 is 0 Å². The Morgan fingerprint density at radius 1 is 1.24 bits per heavy atom. The van der Waals surface area contributed by atoms with Gasteiger partial charge in [-0.15, -0.1) is 0 Å². The minimum Gasteiger partial charge on any atom is -0.383 e. The Labute approximate surface area is 102 Å². The summed E-state index contributed by atoms with van der Waals surface area (Å²) in [5, 5.41) is 2.80. The van der Waals surface area contributed by atoms with Crippen LogP contribution in [0.5, 0.6) is 0 Å². The second kappa shape index (κ2) is 6.78. The molecule has 1 fully saturated rings. The van der Waals surface area contributed by atoms with E-state index in [1.54, 1.807) is 26.2 Å². The van der Waals surface area contributed by atoms with Crippen molar-refractivity contribution in [3.8, 4) is 0 Å². The number of carbonyl (C=O) groups excluding carboxylic acids is 1. The SMILES string of the molecule is COCCNC(=O)N1CCC(OC)(OC)CC1. The number of hydrogen-bond donors (Lipinski definition) is 1. The fraction of sp³-hybridized carbons (Fsp3) is 0.909. The van der Waals surface area contributed by atoms with E-state index >= 15 is 0 Å². The number of likely N-dealkylation sites (tertiary alicyclic amines) is 1. The van der Waals surface area contributed by atoms with E-state index in [1.807, 2.05) is 0 Å². The van der Waals surface area contributed by atoms with E-state index in [9.17, 15) is 4.79 Å². The zero-order valence-corrected chi connectivity index (χ0v) is 10.8. The minimum absolute atomic E-state index is 0.0529. The number of urea groups is 1. The van der Waals surface area contributed by atoms with E-state index in [0.29, 0.717) is 39.1 Å². The van der Waals surface area contributed by atoms with Gasteiger partial charge in [0.2, 0.25) is 0 Å². The Morgan fingerprint density at radius 3 is 2.29 bits per heavy atom. The van der Waals surface area contributed by atoms with Crippen LogP contribution in [0.3, 0.4) is 0 Å². The number of rotatable bonds is 5. The minimum atomic E-state index is -0.524. The van der Waals surface area contributed by atoms with Crippen molar-refractivity contribution in [3.63, 3.8) is 0 Å².